The van der Waals surface area contributed by atoms with E-state index >= 15 is 0 Å². The van der Waals surface area contributed by atoms with Gasteiger partial charge in [0.2, 0.25) is 0 Å². The lowest BCUT2D eigenvalue weighted by Gasteiger charge is -2.35. The van der Waals surface area contributed by atoms with Crippen molar-refractivity contribution >= 4 is 34.3 Å². The van der Waals surface area contributed by atoms with Crippen molar-refractivity contribution in [3.63, 3.8) is 0 Å². The molecule has 2 atom stereocenters. The first-order valence-electron chi connectivity index (χ1n) is 11.0. The highest BCUT2D eigenvalue weighted by atomic mass is 35.5. The number of rotatable bonds is 5. The summed E-state index contributed by atoms with van der Waals surface area (Å²) in [5, 5.41) is 24.4. The van der Waals surface area contributed by atoms with Crippen LogP contribution >= 0.6 is 11.6 Å². The summed E-state index contributed by atoms with van der Waals surface area (Å²) in [7, 11) is 0. The molecular weight excluding hydrogens is 442 g/mol. The number of likely N-dealkylation sites (tertiary alicyclic amines) is 1. The summed E-state index contributed by atoms with van der Waals surface area (Å²) in [6, 6.07) is 5.89. The molecule has 174 valence electrons. The van der Waals surface area contributed by atoms with Crippen LogP contribution in [0, 0.1) is 5.92 Å². The Morgan fingerprint density at radius 3 is 2.61 bits per heavy atom. The van der Waals surface area contributed by atoms with Gasteiger partial charge in [0.1, 0.15) is 5.60 Å². The lowest BCUT2D eigenvalue weighted by atomic mass is 9.91. The Morgan fingerprint density at radius 2 is 1.94 bits per heavy atom. The molecule has 9 heteroatoms. The Morgan fingerprint density at radius 1 is 1.21 bits per heavy atom. The van der Waals surface area contributed by atoms with Crippen molar-refractivity contribution in [2.24, 2.45) is 5.92 Å². The number of amides is 1. The van der Waals surface area contributed by atoms with E-state index in [4.69, 9.17) is 11.6 Å². The molecule has 0 radical (unpaired) electrons. The normalized spacial score (nSPS) is 17.7. The van der Waals surface area contributed by atoms with Crippen molar-refractivity contribution in [2.45, 2.75) is 45.3 Å². The number of carboxylic acid groups (broad SMARTS) is 1. The number of hydrogen-bond donors (Lipinski definition) is 3. The average Bonchev–Trinajstić information content (AvgIpc) is 2.80. The van der Waals surface area contributed by atoms with Gasteiger partial charge in [-0.25, -0.2) is 14.8 Å². The minimum atomic E-state index is -1.11. The van der Waals surface area contributed by atoms with Crippen LogP contribution < -0.4 is 5.32 Å². The van der Waals surface area contributed by atoms with E-state index in [1.807, 2.05) is 18.2 Å². The van der Waals surface area contributed by atoms with E-state index in [2.05, 4.69) is 27.2 Å². The molecule has 1 saturated heterocycles. The molecule has 2 aromatic heterocycles. The second-order valence-corrected chi connectivity index (χ2v) is 9.54. The van der Waals surface area contributed by atoms with Crippen LogP contribution in [-0.4, -0.2) is 55.3 Å². The summed E-state index contributed by atoms with van der Waals surface area (Å²) < 4.78 is 0. The summed E-state index contributed by atoms with van der Waals surface area (Å²) in [6.45, 7) is 6.43. The van der Waals surface area contributed by atoms with Crippen LogP contribution in [0.3, 0.4) is 0 Å². The summed E-state index contributed by atoms with van der Waals surface area (Å²) in [5.74, 6) is 0.538. The minimum absolute atomic E-state index is 0.0216. The van der Waals surface area contributed by atoms with Gasteiger partial charge in [-0.15, -0.1) is 0 Å². The maximum Gasteiger partial charge on any atom is 0.407 e. The predicted molar refractivity (Wildman–Crippen MR) is 128 cm³/mol. The fraction of sp³-hybridized carbons (Fsp3) is 0.417. The zero-order chi connectivity index (χ0) is 23.8. The Kier molecular flexibility index (Phi) is 6.41. The van der Waals surface area contributed by atoms with Crippen molar-refractivity contribution in [3.05, 3.63) is 47.6 Å². The van der Waals surface area contributed by atoms with Gasteiger partial charge in [0.25, 0.3) is 0 Å². The van der Waals surface area contributed by atoms with Crippen LogP contribution in [0.25, 0.3) is 22.0 Å². The largest absolute Gasteiger partial charge is 0.465 e. The van der Waals surface area contributed by atoms with Crippen molar-refractivity contribution in [2.75, 3.05) is 18.4 Å². The maximum atomic E-state index is 11.4. The quantitative estimate of drug-likeness (QED) is 0.493. The molecule has 1 aromatic carbocycles. The Labute approximate surface area is 197 Å². The molecule has 33 heavy (non-hydrogen) atoms. The Balaban J connectivity index is 1.64. The number of piperidine rings is 1. The summed E-state index contributed by atoms with van der Waals surface area (Å²) >= 11 is 6.55. The molecule has 8 nitrogen and oxygen atoms in total. The van der Waals surface area contributed by atoms with Gasteiger partial charge in [-0.3, -0.25) is 4.98 Å². The Bertz CT molecular complexity index is 1160. The number of carbonyl (C=O) groups is 1. The number of aliphatic hydroxyl groups is 1. The van der Waals surface area contributed by atoms with E-state index in [9.17, 15) is 15.0 Å². The van der Waals surface area contributed by atoms with Gasteiger partial charge in [-0.1, -0.05) is 17.7 Å². The number of nitrogens with zero attached hydrogens (tertiary/aromatic N) is 4. The van der Waals surface area contributed by atoms with Gasteiger partial charge in [-0.2, -0.15) is 0 Å². The molecule has 1 unspecified atom stereocenters. The highest BCUT2D eigenvalue weighted by Gasteiger charge is 2.28. The second kappa shape index (κ2) is 9.11. The van der Waals surface area contributed by atoms with E-state index in [1.165, 1.54) is 4.90 Å². The van der Waals surface area contributed by atoms with Gasteiger partial charge in [0.05, 0.1) is 16.2 Å². The molecule has 0 saturated carbocycles. The molecule has 1 amide bonds. The van der Waals surface area contributed by atoms with E-state index in [0.717, 1.165) is 40.6 Å². The first-order chi connectivity index (χ1) is 15.6. The molecule has 1 aliphatic rings. The third-order valence-electron chi connectivity index (χ3n) is 6.16. The number of halogens is 1. The van der Waals surface area contributed by atoms with Gasteiger partial charge < -0.3 is 20.4 Å². The van der Waals surface area contributed by atoms with Crippen molar-refractivity contribution < 1.29 is 15.0 Å². The van der Waals surface area contributed by atoms with Crippen LogP contribution in [0.2, 0.25) is 5.02 Å². The number of aromatic nitrogens is 3. The highest BCUT2D eigenvalue weighted by Crippen LogP contribution is 2.34. The molecule has 0 aliphatic carbocycles. The molecule has 4 rings (SSSR count). The van der Waals surface area contributed by atoms with Gasteiger partial charge in [-0.05, 0) is 57.2 Å². The van der Waals surface area contributed by atoms with Gasteiger partial charge in [0, 0.05) is 48.7 Å². The van der Waals surface area contributed by atoms with Crippen LogP contribution in [-0.2, 0) is 5.60 Å². The zero-order valence-corrected chi connectivity index (χ0v) is 19.7. The van der Waals surface area contributed by atoms with E-state index in [0.29, 0.717) is 23.9 Å². The van der Waals surface area contributed by atoms with Crippen molar-refractivity contribution in [1.29, 1.82) is 0 Å². The third kappa shape index (κ3) is 5.02. The zero-order valence-electron chi connectivity index (χ0n) is 18.9. The molecule has 3 heterocycles. The average molecular weight is 470 g/mol. The molecule has 1 fully saturated rings. The molecule has 1 aliphatic heterocycles. The summed E-state index contributed by atoms with van der Waals surface area (Å²) in [6.07, 6.45) is 5.94. The number of nitrogens with one attached hydrogen (secondary N) is 1. The van der Waals surface area contributed by atoms with Crippen molar-refractivity contribution in [3.8, 4) is 11.1 Å². The topological polar surface area (TPSA) is 111 Å². The fourth-order valence-corrected chi connectivity index (χ4v) is 4.43. The van der Waals surface area contributed by atoms with Crippen LogP contribution in [0.5, 0.6) is 0 Å². The van der Waals surface area contributed by atoms with Crippen LogP contribution in [0.1, 0.15) is 39.4 Å². The number of anilines is 1. The maximum absolute atomic E-state index is 11.4. The summed E-state index contributed by atoms with van der Waals surface area (Å²) in [4.78, 5) is 26.0. The second-order valence-electron chi connectivity index (χ2n) is 9.13. The first-order valence-corrected chi connectivity index (χ1v) is 11.4. The molecular formula is C24H28ClN5O3. The smallest absolute Gasteiger partial charge is 0.407 e. The fourth-order valence-electron chi connectivity index (χ4n) is 4.22. The molecule has 0 spiro atoms. The standard InChI is InChI=1S/C24H28ClN5O3/c1-14(16-5-4-8-30(13-16)23(31)32)29-21-18-9-15(6-7-20(18)26-12-19(21)25)17-10-27-22(28-11-17)24(2,3)33/h6-7,9-12,14,16,33H,4-5,8,13H2,1-3H3,(H,26,29)(H,31,32)/t14-,16?/m1/s1. The first kappa shape index (κ1) is 23.2. The SMILES string of the molecule is C[C@@H](Nc1c(Cl)cnc2ccc(-c3cnc(C(C)(C)O)nc3)cc12)C1CCCN(C(=O)O)C1. The predicted octanol–water partition coefficient (Wildman–Crippen LogP) is 4.76. The third-order valence-corrected chi connectivity index (χ3v) is 6.45. The molecule has 0 bridgehead atoms. The lowest BCUT2D eigenvalue weighted by molar-refractivity contribution is 0.0687. The summed E-state index contributed by atoms with van der Waals surface area (Å²) in [5.41, 5.74) is 2.18. The van der Waals surface area contributed by atoms with Crippen LogP contribution in [0.15, 0.2) is 36.8 Å². The Hall–Kier alpha value is -2.97. The van der Waals surface area contributed by atoms with Crippen LogP contribution in [0.4, 0.5) is 10.5 Å². The minimum Gasteiger partial charge on any atom is -0.465 e. The van der Waals surface area contributed by atoms with E-state index in [-0.39, 0.29) is 12.0 Å². The monoisotopic (exact) mass is 469 g/mol. The number of fused-ring (bicyclic) bond motifs is 1. The molecule has 3 N–H and O–H groups in total. The van der Waals surface area contributed by atoms with Gasteiger partial charge in [0.15, 0.2) is 5.82 Å². The van der Waals surface area contributed by atoms with Crippen molar-refractivity contribution in [1.82, 2.24) is 19.9 Å². The van der Waals surface area contributed by atoms with E-state index in [1.54, 1.807) is 32.4 Å². The lowest BCUT2D eigenvalue weighted by Crippen LogP contribution is -2.44. The highest BCUT2D eigenvalue weighted by molar-refractivity contribution is 6.34. The van der Waals surface area contributed by atoms with Gasteiger partial charge >= 0.3 is 6.09 Å². The molecule has 3 aromatic rings. The van der Waals surface area contributed by atoms with E-state index < -0.39 is 11.7 Å². The number of benzene rings is 1. The number of hydrogen-bond acceptors (Lipinski definition) is 6. The number of pyridine rings is 1.